The standard InChI is InChI=1S/C22H19N3O2/c26-22(20-16-21(27-24-20)17-10-4-1-5-11-17)23-25(18-12-6-2-7-13-18)19-14-8-3-9-15-19/h1-15,21H,16H2,(H,23,26). The van der Waals surface area contributed by atoms with Gasteiger partial charge in [0.1, 0.15) is 0 Å². The summed E-state index contributed by atoms with van der Waals surface area (Å²) in [4.78, 5) is 18.3. The third-order valence-corrected chi connectivity index (χ3v) is 4.34. The highest BCUT2D eigenvalue weighted by atomic mass is 16.6. The van der Waals surface area contributed by atoms with E-state index in [4.69, 9.17) is 4.84 Å². The Bertz CT molecular complexity index is 888. The lowest BCUT2D eigenvalue weighted by Crippen LogP contribution is -2.42. The van der Waals surface area contributed by atoms with Crippen molar-refractivity contribution < 1.29 is 9.63 Å². The van der Waals surface area contributed by atoms with Gasteiger partial charge in [0.05, 0.1) is 11.4 Å². The van der Waals surface area contributed by atoms with Crippen molar-refractivity contribution in [1.29, 1.82) is 0 Å². The van der Waals surface area contributed by atoms with Crippen LogP contribution in [0.5, 0.6) is 0 Å². The Kier molecular flexibility index (Phi) is 4.83. The number of nitrogens with one attached hydrogen (secondary N) is 1. The van der Waals surface area contributed by atoms with Gasteiger partial charge in [-0.3, -0.25) is 15.2 Å². The molecule has 1 aliphatic rings. The van der Waals surface area contributed by atoms with E-state index >= 15 is 0 Å². The monoisotopic (exact) mass is 357 g/mol. The molecule has 0 bridgehead atoms. The molecule has 5 heteroatoms. The maximum absolute atomic E-state index is 12.8. The van der Waals surface area contributed by atoms with E-state index in [9.17, 15) is 4.79 Å². The molecule has 0 spiro atoms. The van der Waals surface area contributed by atoms with Crippen LogP contribution in [0.4, 0.5) is 11.4 Å². The lowest BCUT2D eigenvalue weighted by atomic mass is 10.0. The van der Waals surface area contributed by atoms with Crippen LogP contribution in [0, 0.1) is 0 Å². The number of amides is 1. The van der Waals surface area contributed by atoms with Crippen LogP contribution in [0.1, 0.15) is 18.1 Å². The number of nitrogens with zero attached hydrogens (tertiary/aromatic N) is 2. The Morgan fingerprint density at radius 1 is 0.852 bits per heavy atom. The topological polar surface area (TPSA) is 53.9 Å². The number of hydrogen-bond acceptors (Lipinski definition) is 4. The molecule has 1 aliphatic heterocycles. The highest BCUT2D eigenvalue weighted by Crippen LogP contribution is 2.28. The fourth-order valence-corrected chi connectivity index (χ4v) is 2.96. The third-order valence-electron chi connectivity index (χ3n) is 4.34. The highest BCUT2D eigenvalue weighted by Gasteiger charge is 2.28. The Hall–Kier alpha value is -3.60. The van der Waals surface area contributed by atoms with E-state index in [1.807, 2.05) is 91.0 Å². The fraction of sp³-hybridized carbons (Fsp3) is 0.0909. The molecule has 1 amide bonds. The normalized spacial score (nSPS) is 15.6. The average molecular weight is 357 g/mol. The lowest BCUT2D eigenvalue weighted by molar-refractivity contribution is -0.114. The zero-order chi connectivity index (χ0) is 18.5. The van der Waals surface area contributed by atoms with E-state index in [0.29, 0.717) is 12.1 Å². The number of carbonyl (C=O) groups is 1. The third kappa shape index (κ3) is 3.82. The molecule has 1 unspecified atom stereocenters. The number of oxime groups is 1. The van der Waals surface area contributed by atoms with Gasteiger partial charge >= 0.3 is 0 Å². The Morgan fingerprint density at radius 2 is 1.37 bits per heavy atom. The van der Waals surface area contributed by atoms with Crippen LogP contribution in [0.2, 0.25) is 0 Å². The summed E-state index contributed by atoms with van der Waals surface area (Å²) < 4.78 is 0. The highest BCUT2D eigenvalue weighted by molar-refractivity contribution is 6.39. The number of para-hydroxylation sites is 2. The van der Waals surface area contributed by atoms with E-state index in [-0.39, 0.29) is 12.0 Å². The number of benzene rings is 3. The minimum absolute atomic E-state index is 0.228. The Labute approximate surface area is 157 Å². The van der Waals surface area contributed by atoms with Gasteiger partial charge < -0.3 is 4.84 Å². The smallest absolute Gasteiger partial charge is 0.288 e. The van der Waals surface area contributed by atoms with E-state index in [1.165, 1.54) is 0 Å². The van der Waals surface area contributed by atoms with Gasteiger partial charge in [-0.25, -0.2) is 0 Å². The molecule has 4 rings (SSSR count). The average Bonchev–Trinajstić information content (AvgIpc) is 3.24. The van der Waals surface area contributed by atoms with E-state index in [0.717, 1.165) is 16.9 Å². The molecule has 0 fully saturated rings. The van der Waals surface area contributed by atoms with Gasteiger partial charge in [0, 0.05) is 6.42 Å². The van der Waals surface area contributed by atoms with Crippen LogP contribution in [0.15, 0.2) is 96.2 Å². The zero-order valence-electron chi connectivity index (χ0n) is 14.7. The summed E-state index contributed by atoms with van der Waals surface area (Å²) in [5, 5.41) is 5.76. The van der Waals surface area contributed by atoms with Crippen molar-refractivity contribution in [1.82, 2.24) is 5.43 Å². The van der Waals surface area contributed by atoms with Gasteiger partial charge in [0.2, 0.25) is 0 Å². The van der Waals surface area contributed by atoms with Crippen molar-refractivity contribution in [2.75, 3.05) is 5.01 Å². The number of carbonyl (C=O) groups excluding carboxylic acids is 1. The fourth-order valence-electron chi connectivity index (χ4n) is 2.96. The van der Waals surface area contributed by atoms with Crippen molar-refractivity contribution in [2.24, 2.45) is 5.16 Å². The van der Waals surface area contributed by atoms with Crippen LogP contribution in [0.25, 0.3) is 0 Å². The van der Waals surface area contributed by atoms with Crippen molar-refractivity contribution in [3.63, 3.8) is 0 Å². The summed E-state index contributed by atoms with van der Waals surface area (Å²) in [5.41, 5.74) is 6.04. The molecule has 3 aromatic carbocycles. The summed E-state index contributed by atoms with van der Waals surface area (Å²) in [6, 6.07) is 29.1. The summed E-state index contributed by atoms with van der Waals surface area (Å²) in [6.07, 6.45) is 0.210. The first-order chi connectivity index (χ1) is 13.3. The van der Waals surface area contributed by atoms with Crippen LogP contribution in [-0.4, -0.2) is 11.6 Å². The zero-order valence-corrected chi connectivity index (χ0v) is 14.7. The molecule has 5 nitrogen and oxygen atoms in total. The summed E-state index contributed by atoms with van der Waals surface area (Å²) in [5.74, 6) is -0.277. The first kappa shape index (κ1) is 16.8. The molecule has 0 aromatic heterocycles. The summed E-state index contributed by atoms with van der Waals surface area (Å²) in [7, 11) is 0. The maximum atomic E-state index is 12.8. The van der Waals surface area contributed by atoms with Crippen LogP contribution < -0.4 is 10.4 Å². The molecular weight excluding hydrogens is 338 g/mol. The predicted octanol–water partition coefficient (Wildman–Crippen LogP) is 4.37. The SMILES string of the molecule is O=C(NN(c1ccccc1)c1ccccc1)C1=NOC(c2ccccc2)C1. The van der Waals surface area contributed by atoms with E-state index < -0.39 is 0 Å². The minimum Gasteiger partial charge on any atom is -0.387 e. The van der Waals surface area contributed by atoms with Gasteiger partial charge in [0.15, 0.2) is 11.8 Å². The molecule has 0 saturated heterocycles. The molecule has 0 radical (unpaired) electrons. The second kappa shape index (κ2) is 7.74. The predicted molar refractivity (Wildman–Crippen MR) is 105 cm³/mol. The first-order valence-corrected chi connectivity index (χ1v) is 8.80. The number of hydrogen-bond donors (Lipinski definition) is 1. The van der Waals surface area contributed by atoms with Crippen molar-refractivity contribution >= 4 is 23.0 Å². The van der Waals surface area contributed by atoms with Crippen molar-refractivity contribution in [3.8, 4) is 0 Å². The molecule has 3 aromatic rings. The van der Waals surface area contributed by atoms with E-state index in [2.05, 4.69) is 10.6 Å². The quantitative estimate of drug-likeness (QED) is 0.690. The van der Waals surface area contributed by atoms with Crippen LogP contribution in [-0.2, 0) is 9.63 Å². The molecule has 1 atom stereocenters. The number of rotatable bonds is 5. The number of anilines is 2. The van der Waals surface area contributed by atoms with Gasteiger partial charge in [-0.2, -0.15) is 0 Å². The summed E-state index contributed by atoms with van der Waals surface area (Å²) >= 11 is 0. The van der Waals surface area contributed by atoms with Gasteiger partial charge in [-0.1, -0.05) is 71.9 Å². The van der Waals surface area contributed by atoms with E-state index in [1.54, 1.807) is 5.01 Å². The van der Waals surface area contributed by atoms with Crippen LogP contribution >= 0.6 is 0 Å². The Balaban J connectivity index is 1.51. The second-order valence-corrected chi connectivity index (χ2v) is 6.19. The molecule has 0 aliphatic carbocycles. The molecule has 134 valence electrons. The largest absolute Gasteiger partial charge is 0.387 e. The molecule has 27 heavy (non-hydrogen) atoms. The van der Waals surface area contributed by atoms with Gasteiger partial charge in [0.25, 0.3) is 5.91 Å². The van der Waals surface area contributed by atoms with Crippen molar-refractivity contribution in [2.45, 2.75) is 12.5 Å². The lowest BCUT2D eigenvalue weighted by Gasteiger charge is -2.25. The minimum atomic E-state index is -0.277. The first-order valence-electron chi connectivity index (χ1n) is 8.80. The second-order valence-electron chi connectivity index (χ2n) is 6.19. The molecular formula is C22H19N3O2. The number of hydrazine groups is 1. The maximum Gasteiger partial charge on any atom is 0.288 e. The van der Waals surface area contributed by atoms with Gasteiger partial charge in [-0.15, -0.1) is 0 Å². The molecule has 0 saturated carbocycles. The van der Waals surface area contributed by atoms with Gasteiger partial charge in [-0.05, 0) is 29.8 Å². The molecule has 1 heterocycles. The van der Waals surface area contributed by atoms with Crippen LogP contribution in [0.3, 0.4) is 0 Å². The molecule has 1 N–H and O–H groups in total. The Morgan fingerprint density at radius 3 is 1.93 bits per heavy atom. The van der Waals surface area contributed by atoms with Crippen molar-refractivity contribution in [3.05, 3.63) is 96.6 Å². The summed E-state index contributed by atoms with van der Waals surface area (Å²) in [6.45, 7) is 0.